The van der Waals surface area contributed by atoms with Gasteiger partial charge in [0.25, 0.3) is 5.91 Å². The average molecular weight is 323 g/mol. The molecule has 1 N–H and O–H groups in total. The number of hydrogen-bond donors (Lipinski definition) is 1. The predicted molar refractivity (Wildman–Crippen MR) is 78.5 cm³/mol. The Balaban J connectivity index is 1.74. The Morgan fingerprint density at radius 3 is 2.87 bits per heavy atom. The lowest BCUT2D eigenvalue weighted by molar-refractivity contribution is -0.123. The molecule has 0 saturated heterocycles. The second-order valence-corrected chi connectivity index (χ2v) is 4.76. The van der Waals surface area contributed by atoms with Gasteiger partial charge in [-0.3, -0.25) is 9.32 Å². The molecular weight excluding hydrogens is 305 g/mol. The van der Waals surface area contributed by atoms with Crippen molar-refractivity contribution in [2.75, 3.05) is 26.9 Å². The highest BCUT2D eigenvalue weighted by Gasteiger charge is 2.10. The molecule has 0 bridgehead atoms. The van der Waals surface area contributed by atoms with E-state index in [0.29, 0.717) is 25.4 Å². The van der Waals surface area contributed by atoms with Crippen molar-refractivity contribution in [1.82, 2.24) is 15.5 Å². The third-order valence-electron chi connectivity index (χ3n) is 2.90. The monoisotopic (exact) mass is 323 g/mol. The van der Waals surface area contributed by atoms with Gasteiger partial charge in [0, 0.05) is 26.7 Å². The van der Waals surface area contributed by atoms with E-state index in [1.54, 1.807) is 19.2 Å². The van der Waals surface area contributed by atoms with E-state index in [-0.39, 0.29) is 24.4 Å². The van der Waals surface area contributed by atoms with Crippen molar-refractivity contribution in [2.45, 2.75) is 12.8 Å². The molecule has 0 radical (unpaired) electrons. The topological polar surface area (TPSA) is 86.5 Å². The van der Waals surface area contributed by atoms with Crippen LogP contribution < -0.4 is 10.1 Å². The van der Waals surface area contributed by atoms with Gasteiger partial charge in [-0.1, -0.05) is 17.3 Å². The molecule has 1 aromatic carbocycles. The van der Waals surface area contributed by atoms with Gasteiger partial charge in [-0.15, -0.1) is 0 Å². The van der Waals surface area contributed by atoms with E-state index in [2.05, 4.69) is 15.5 Å². The summed E-state index contributed by atoms with van der Waals surface area (Å²) in [6.07, 6.45) is 1.04. The number of rotatable bonds is 9. The fourth-order valence-electron chi connectivity index (χ4n) is 1.78. The molecule has 2 rings (SSSR count). The highest BCUT2D eigenvalue weighted by atomic mass is 19.1. The average Bonchev–Trinajstić information content (AvgIpc) is 2.99. The summed E-state index contributed by atoms with van der Waals surface area (Å²) in [4.78, 5) is 15.5. The van der Waals surface area contributed by atoms with Gasteiger partial charge >= 0.3 is 6.08 Å². The van der Waals surface area contributed by atoms with E-state index < -0.39 is 0 Å². The number of nitrogens with one attached hydrogen (secondary N) is 1. The van der Waals surface area contributed by atoms with Crippen molar-refractivity contribution in [1.29, 1.82) is 0 Å². The van der Waals surface area contributed by atoms with Gasteiger partial charge in [-0.2, -0.15) is 4.98 Å². The van der Waals surface area contributed by atoms with Crippen LogP contribution >= 0.6 is 0 Å². The third kappa shape index (κ3) is 6.03. The number of hydrogen-bond acceptors (Lipinski definition) is 6. The van der Waals surface area contributed by atoms with E-state index >= 15 is 0 Å². The Hall–Kier alpha value is -2.48. The van der Waals surface area contributed by atoms with Crippen molar-refractivity contribution in [3.63, 3.8) is 0 Å². The lowest BCUT2D eigenvalue weighted by Crippen LogP contribution is -2.30. The normalized spacial score (nSPS) is 10.5. The summed E-state index contributed by atoms with van der Waals surface area (Å²) in [5.74, 6) is -0.186. The van der Waals surface area contributed by atoms with Crippen molar-refractivity contribution in [3.05, 3.63) is 41.5 Å². The lowest BCUT2D eigenvalue weighted by Gasteiger charge is -2.03. The zero-order valence-corrected chi connectivity index (χ0v) is 12.8. The molecule has 0 atom stereocenters. The van der Waals surface area contributed by atoms with Gasteiger partial charge in [-0.25, -0.2) is 4.39 Å². The summed E-state index contributed by atoms with van der Waals surface area (Å²) >= 11 is 0. The van der Waals surface area contributed by atoms with Crippen LogP contribution in [0.15, 0.2) is 28.8 Å². The standard InChI is InChI=1S/C15H18FN3O4/c1-21-8-2-7-17-14(20)10-22-15-18-13(19-23-15)9-11-3-5-12(16)6-4-11/h3-6H,2,7-10H2,1H3,(H,17,20). The molecule has 23 heavy (non-hydrogen) atoms. The zero-order chi connectivity index (χ0) is 16.5. The molecular formula is C15H18FN3O4. The number of halogens is 1. The van der Waals surface area contributed by atoms with Crippen LogP contribution in [0, 0.1) is 5.82 Å². The summed E-state index contributed by atoms with van der Waals surface area (Å²) in [6.45, 7) is 0.887. The second kappa shape index (κ2) is 8.84. The fourth-order valence-corrected chi connectivity index (χ4v) is 1.78. The Morgan fingerprint density at radius 1 is 1.35 bits per heavy atom. The highest BCUT2D eigenvalue weighted by molar-refractivity contribution is 5.77. The largest absolute Gasteiger partial charge is 0.439 e. The Labute approximate surface area is 132 Å². The van der Waals surface area contributed by atoms with Gasteiger partial charge in [0.05, 0.1) is 0 Å². The maximum Gasteiger partial charge on any atom is 0.417 e. The van der Waals surface area contributed by atoms with Crippen LogP contribution in [0.25, 0.3) is 0 Å². The maximum absolute atomic E-state index is 12.8. The van der Waals surface area contributed by atoms with Crippen LogP contribution in [0.1, 0.15) is 17.8 Å². The van der Waals surface area contributed by atoms with Gasteiger partial charge in [0.15, 0.2) is 12.4 Å². The van der Waals surface area contributed by atoms with Gasteiger partial charge in [0.1, 0.15) is 5.82 Å². The van der Waals surface area contributed by atoms with Crippen LogP contribution in [-0.2, 0) is 16.0 Å². The quantitative estimate of drug-likeness (QED) is 0.701. The van der Waals surface area contributed by atoms with Gasteiger partial charge in [-0.05, 0) is 24.1 Å². The first-order chi connectivity index (χ1) is 11.2. The van der Waals surface area contributed by atoms with Crippen LogP contribution in [0.3, 0.4) is 0 Å². The number of nitrogens with zero attached hydrogens (tertiary/aromatic N) is 2. The SMILES string of the molecule is COCCCNC(=O)COc1nc(Cc2ccc(F)cc2)no1. The Kier molecular flexibility index (Phi) is 6.49. The number of carbonyl (C=O) groups excluding carboxylic acids is 1. The number of benzene rings is 1. The molecule has 2 aromatic rings. The molecule has 1 amide bonds. The lowest BCUT2D eigenvalue weighted by atomic mass is 10.1. The van der Waals surface area contributed by atoms with Crippen molar-refractivity contribution < 1.29 is 23.2 Å². The molecule has 0 saturated carbocycles. The first-order valence-corrected chi connectivity index (χ1v) is 7.13. The summed E-state index contributed by atoms with van der Waals surface area (Å²) in [5, 5.41) is 6.42. The Bertz CT molecular complexity index is 615. The van der Waals surface area contributed by atoms with Crippen molar-refractivity contribution in [2.24, 2.45) is 0 Å². The maximum atomic E-state index is 12.8. The second-order valence-electron chi connectivity index (χ2n) is 4.76. The number of amides is 1. The zero-order valence-electron chi connectivity index (χ0n) is 12.8. The van der Waals surface area contributed by atoms with Crippen LogP contribution in [0.4, 0.5) is 4.39 Å². The molecule has 1 aromatic heterocycles. The summed E-state index contributed by atoms with van der Waals surface area (Å²) in [6, 6.07) is 6.00. The minimum Gasteiger partial charge on any atom is -0.439 e. The number of carbonyl (C=O) groups is 1. The molecule has 7 nitrogen and oxygen atoms in total. The molecule has 0 aliphatic heterocycles. The van der Waals surface area contributed by atoms with Crippen LogP contribution in [-0.4, -0.2) is 42.9 Å². The summed E-state index contributed by atoms with van der Waals surface area (Å²) in [5.41, 5.74) is 0.842. The smallest absolute Gasteiger partial charge is 0.417 e. The molecule has 124 valence electrons. The van der Waals surface area contributed by atoms with Gasteiger partial charge < -0.3 is 14.8 Å². The van der Waals surface area contributed by atoms with Crippen molar-refractivity contribution in [3.8, 4) is 6.08 Å². The first-order valence-electron chi connectivity index (χ1n) is 7.13. The number of aromatic nitrogens is 2. The van der Waals surface area contributed by atoms with Crippen LogP contribution in [0.5, 0.6) is 6.08 Å². The van der Waals surface area contributed by atoms with E-state index in [1.165, 1.54) is 12.1 Å². The van der Waals surface area contributed by atoms with Crippen LogP contribution in [0.2, 0.25) is 0 Å². The first kappa shape index (κ1) is 16.9. The predicted octanol–water partition coefficient (Wildman–Crippen LogP) is 1.33. The minimum atomic E-state index is -0.303. The molecule has 0 spiro atoms. The van der Waals surface area contributed by atoms with E-state index in [9.17, 15) is 9.18 Å². The molecule has 0 aliphatic carbocycles. The third-order valence-corrected chi connectivity index (χ3v) is 2.90. The van der Waals surface area contributed by atoms with Crippen molar-refractivity contribution >= 4 is 5.91 Å². The fraction of sp³-hybridized carbons (Fsp3) is 0.400. The number of ether oxygens (including phenoxy) is 2. The molecule has 8 heteroatoms. The molecule has 0 fully saturated rings. The Morgan fingerprint density at radius 2 is 2.13 bits per heavy atom. The molecule has 0 unspecified atom stereocenters. The summed E-state index contributed by atoms with van der Waals surface area (Å²) < 4.78 is 27.7. The van der Waals surface area contributed by atoms with E-state index in [1.807, 2.05) is 0 Å². The molecule has 1 heterocycles. The number of methoxy groups -OCH3 is 1. The van der Waals surface area contributed by atoms with E-state index in [0.717, 1.165) is 12.0 Å². The van der Waals surface area contributed by atoms with Gasteiger partial charge in [0.2, 0.25) is 0 Å². The van der Waals surface area contributed by atoms with E-state index in [4.69, 9.17) is 14.0 Å². The highest BCUT2D eigenvalue weighted by Crippen LogP contribution is 2.11. The minimum absolute atomic E-state index is 0.0749. The molecule has 0 aliphatic rings. The summed E-state index contributed by atoms with van der Waals surface area (Å²) in [7, 11) is 1.60.